The van der Waals surface area contributed by atoms with E-state index in [1.807, 2.05) is 19.1 Å². The van der Waals surface area contributed by atoms with Gasteiger partial charge in [0.2, 0.25) is 0 Å². The number of nitrogens with one attached hydrogen (secondary N) is 1. The Morgan fingerprint density at radius 3 is 2.38 bits per heavy atom. The highest BCUT2D eigenvalue weighted by molar-refractivity contribution is 5.90. The van der Waals surface area contributed by atoms with Gasteiger partial charge in [0.25, 0.3) is 0 Å². The molecule has 1 saturated carbocycles. The number of benzene rings is 1. The normalized spacial score (nSPS) is 19.4. The van der Waals surface area contributed by atoms with Gasteiger partial charge in [0.05, 0.1) is 11.5 Å². The molecule has 0 atom stereocenters. The molecule has 2 N–H and O–H groups in total. The molecule has 1 fully saturated rings. The molecule has 0 aliphatic heterocycles. The highest BCUT2D eigenvalue weighted by atomic mass is 16.6. The first-order chi connectivity index (χ1) is 12.5. The smallest absolute Gasteiger partial charge is 0.407 e. The first-order valence-electron chi connectivity index (χ1n) is 8.83. The summed E-state index contributed by atoms with van der Waals surface area (Å²) in [5.74, 6) is -1.17. The maximum absolute atomic E-state index is 11.9. The summed E-state index contributed by atoms with van der Waals surface area (Å²) >= 11 is 0. The summed E-state index contributed by atoms with van der Waals surface area (Å²) in [7, 11) is 0. The number of amides is 1. The van der Waals surface area contributed by atoms with Gasteiger partial charge in [-0.25, -0.2) is 9.59 Å². The third-order valence-electron chi connectivity index (χ3n) is 4.65. The minimum atomic E-state index is -0.740. The Bertz CT molecular complexity index is 637. The number of ether oxygens (including phenoxy) is 2. The number of hydrogen-bond donors (Lipinski definition) is 2. The van der Waals surface area contributed by atoms with Crippen molar-refractivity contribution in [2.24, 2.45) is 11.8 Å². The number of carboxylic acid groups (broad SMARTS) is 1. The summed E-state index contributed by atoms with van der Waals surface area (Å²) in [4.78, 5) is 34.5. The second-order valence-electron chi connectivity index (χ2n) is 6.52. The fraction of sp³-hybridized carbons (Fsp3) is 0.526. The molecule has 7 heteroatoms. The second kappa shape index (κ2) is 9.79. The topological polar surface area (TPSA) is 102 Å². The van der Waals surface area contributed by atoms with Crippen molar-refractivity contribution in [2.45, 2.75) is 32.6 Å². The van der Waals surface area contributed by atoms with Crippen molar-refractivity contribution in [3.05, 3.63) is 35.4 Å². The van der Waals surface area contributed by atoms with Crippen LogP contribution < -0.4 is 5.32 Å². The van der Waals surface area contributed by atoms with Gasteiger partial charge >= 0.3 is 18.0 Å². The molecule has 1 aromatic carbocycles. The van der Waals surface area contributed by atoms with Crippen molar-refractivity contribution in [2.75, 3.05) is 19.8 Å². The molecule has 1 aliphatic carbocycles. The lowest BCUT2D eigenvalue weighted by Gasteiger charge is -2.25. The number of alkyl carbamates (subject to hydrolysis) is 1. The predicted octanol–water partition coefficient (Wildman–Crippen LogP) is 2.77. The Labute approximate surface area is 152 Å². The molecular weight excluding hydrogens is 338 g/mol. The summed E-state index contributed by atoms with van der Waals surface area (Å²) in [5, 5.41) is 11.6. The summed E-state index contributed by atoms with van der Waals surface area (Å²) in [6.07, 6.45) is 2.30. The maximum atomic E-state index is 11.9. The fourth-order valence-corrected chi connectivity index (χ4v) is 3.04. The molecule has 1 amide bonds. The minimum absolute atomic E-state index is 0.00962. The molecule has 1 aromatic rings. The number of carbonyl (C=O) groups is 3. The molecule has 0 unspecified atom stereocenters. The van der Waals surface area contributed by atoms with Crippen LogP contribution in [0.1, 0.15) is 41.6 Å². The monoisotopic (exact) mass is 363 g/mol. The van der Waals surface area contributed by atoms with Crippen LogP contribution in [0.5, 0.6) is 0 Å². The zero-order valence-electron chi connectivity index (χ0n) is 14.9. The van der Waals surface area contributed by atoms with Crippen molar-refractivity contribution >= 4 is 18.0 Å². The van der Waals surface area contributed by atoms with E-state index >= 15 is 0 Å². The Kier molecular flexibility index (Phi) is 7.44. The van der Waals surface area contributed by atoms with Crippen LogP contribution in [0, 0.1) is 18.8 Å². The van der Waals surface area contributed by atoms with E-state index in [-0.39, 0.29) is 25.0 Å². The molecule has 0 bridgehead atoms. The average molecular weight is 363 g/mol. The molecule has 0 radical (unpaired) electrons. The molecule has 26 heavy (non-hydrogen) atoms. The number of esters is 1. The van der Waals surface area contributed by atoms with Gasteiger partial charge in [-0.1, -0.05) is 18.2 Å². The number of aliphatic carboxylic acids is 1. The quantitative estimate of drug-likeness (QED) is 0.570. The Morgan fingerprint density at radius 2 is 1.73 bits per heavy atom. The molecule has 0 spiro atoms. The van der Waals surface area contributed by atoms with Gasteiger partial charge in [0, 0.05) is 6.54 Å². The van der Waals surface area contributed by atoms with E-state index in [1.165, 1.54) is 0 Å². The van der Waals surface area contributed by atoms with E-state index < -0.39 is 18.0 Å². The highest BCUT2D eigenvalue weighted by Gasteiger charge is 2.26. The molecule has 0 heterocycles. The molecule has 7 nitrogen and oxygen atoms in total. The van der Waals surface area contributed by atoms with Gasteiger partial charge in [0.15, 0.2) is 0 Å². The third kappa shape index (κ3) is 6.06. The van der Waals surface area contributed by atoms with Crippen LogP contribution in [0.15, 0.2) is 24.3 Å². The van der Waals surface area contributed by atoms with E-state index in [2.05, 4.69) is 5.32 Å². The predicted molar refractivity (Wildman–Crippen MR) is 93.9 cm³/mol. The number of aryl methyl sites for hydroxylation is 1. The first-order valence-corrected chi connectivity index (χ1v) is 8.83. The zero-order valence-corrected chi connectivity index (χ0v) is 14.9. The van der Waals surface area contributed by atoms with Gasteiger partial charge in [-0.15, -0.1) is 0 Å². The largest absolute Gasteiger partial charge is 0.481 e. The lowest BCUT2D eigenvalue weighted by Crippen LogP contribution is -2.33. The number of rotatable bonds is 7. The standard InChI is InChI=1S/C19H25NO6/c1-13-4-2-3-5-16(13)18(23)25-10-11-26-19(24)20-12-14-6-8-15(9-7-14)17(21)22/h2-5,14-15H,6-12H2,1H3,(H,20,24)(H,21,22). The molecule has 142 valence electrons. The lowest BCUT2D eigenvalue weighted by atomic mass is 9.82. The number of carbonyl (C=O) groups excluding carboxylic acids is 2. The number of carboxylic acids is 1. The van der Waals surface area contributed by atoms with E-state index in [9.17, 15) is 14.4 Å². The van der Waals surface area contributed by atoms with E-state index in [0.29, 0.717) is 24.9 Å². The molecular formula is C19H25NO6. The Hall–Kier alpha value is -2.57. The van der Waals surface area contributed by atoms with Gasteiger partial charge in [-0.05, 0) is 50.2 Å². The lowest BCUT2D eigenvalue weighted by molar-refractivity contribution is -0.143. The van der Waals surface area contributed by atoms with Crippen LogP contribution in [0.4, 0.5) is 4.79 Å². The van der Waals surface area contributed by atoms with E-state index in [4.69, 9.17) is 14.6 Å². The summed E-state index contributed by atoms with van der Waals surface area (Å²) in [6.45, 7) is 2.26. The van der Waals surface area contributed by atoms with Crippen molar-refractivity contribution < 1.29 is 29.0 Å². The molecule has 0 saturated heterocycles. The SMILES string of the molecule is Cc1ccccc1C(=O)OCCOC(=O)NCC1CCC(C(=O)O)CC1. The van der Waals surface area contributed by atoms with Gasteiger partial charge in [-0.3, -0.25) is 4.79 Å². The van der Waals surface area contributed by atoms with Crippen LogP contribution in [-0.2, 0) is 14.3 Å². The first kappa shape index (κ1) is 19.8. The van der Waals surface area contributed by atoms with E-state index in [0.717, 1.165) is 18.4 Å². The highest BCUT2D eigenvalue weighted by Crippen LogP contribution is 2.28. The molecule has 0 aromatic heterocycles. The van der Waals surface area contributed by atoms with Crippen molar-refractivity contribution in [3.63, 3.8) is 0 Å². The summed E-state index contributed by atoms with van der Waals surface area (Å²) < 4.78 is 10.1. The van der Waals surface area contributed by atoms with E-state index in [1.54, 1.807) is 12.1 Å². The fourth-order valence-electron chi connectivity index (χ4n) is 3.04. The van der Waals surface area contributed by atoms with Crippen LogP contribution in [-0.4, -0.2) is 42.9 Å². The maximum Gasteiger partial charge on any atom is 0.407 e. The average Bonchev–Trinajstić information content (AvgIpc) is 2.64. The Balaban J connectivity index is 1.57. The molecule has 2 rings (SSSR count). The summed E-state index contributed by atoms with van der Waals surface area (Å²) in [5.41, 5.74) is 1.32. The van der Waals surface area contributed by atoms with Gasteiger partial charge < -0.3 is 19.9 Å². The summed E-state index contributed by atoms with van der Waals surface area (Å²) in [6, 6.07) is 7.11. The minimum Gasteiger partial charge on any atom is -0.481 e. The second-order valence-corrected chi connectivity index (χ2v) is 6.52. The molecule has 1 aliphatic rings. The van der Waals surface area contributed by atoms with Crippen LogP contribution in [0.3, 0.4) is 0 Å². The van der Waals surface area contributed by atoms with Crippen molar-refractivity contribution in [3.8, 4) is 0 Å². The van der Waals surface area contributed by atoms with Crippen LogP contribution >= 0.6 is 0 Å². The van der Waals surface area contributed by atoms with Gasteiger partial charge in [0.1, 0.15) is 13.2 Å². The van der Waals surface area contributed by atoms with Crippen LogP contribution in [0.25, 0.3) is 0 Å². The van der Waals surface area contributed by atoms with Crippen molar-refractivity contribution in [1.82, 2.24) is 5.32 Å². The zero-order chi connectivity index (χ0) is 18.9. The third-order valence-corrected chi connectivity index (χ3v) is 4.65. The Morgan fingerprint density at radius 1 is 1.08 bits per heavy atom. The van der Waals surface area contributed by atoms with Gasteiger partial charge in [-0.2, -0.15) is 0 Å². The number of hydrogen-bond acceptors (Lipinski definition) is 5. The van der Waals surface area contributed by atoms with Crippen LogP contribution in [0.2, 0.25) is 0 Å². The van der Waals surface area contributed by atoms with Crippen molar-refractivity contribution in [1.29, 1.82) is 0 Å².